The van der Waals surface area contributed by atoms with E-state index in [1.807, 2.05) is 220 Å². The molecule has 11 rings (SSSR count). The maximum atomic E-state index is 4.44. The van der Waals surface area contributed by atoms with E-state index in [0.29, 0.717) is 0 Å². The predicted octanol–water partition coefficient (Wildman–Crippen LogP) is 19.6. The van der Waals surface area contributed by atoms with Crippen LogP contribution in [0.15, 0.2) is 140 Å². The molecule has 0 saturated carbocycles. The Morgan fingerprint density at radius 1 is 0.310 bits per heavy atom. The van der Waals surface area contributed by atoms with Crippen molar-refractivity contribution in [3.8, 4) is 0 Å². The number of hydrogen-bond acceptors (Lipinski definition) is 11. The van der Waals surface area contributed by atoms with Crippen LogP contribution in [-0.4, -0.2) is 59.4 Å². The first-order valence-electron chi connectivity index (χ1n) is 29.9. The van der Waals surface area contributed by atoms with E-state index in [0.717, 1.165) is 79.8 Å². The molecule has 0 radical (unpaired) electrons. The summed E-state index contributed by atoms with van der Waals surface area (Å²) in [6.45, 7) is 51.8. The highest BCUT2D eigenvalue weighted by molar-refractivity contribution is 5.85. The Kier molecular flexibility index (Phi) is 42.0. The minimum Gasteiger partial charge on any atom is -0.331 e. The van der Waals surface area contributed by atoms with E-state index in [-0.39, 0.29) is 0 Å². The summed E-state index contributed by atoms with van der Waals surface area (Å²) in [6, 6.07) is 41.2. The molecule has 0 bridgehead atoms. The van der Waals surface area contributed by atoms with Crippen molar-refractivity contribution in [1.82, 2.24) is 59.4 Å². The van der Waals surface area contributed by atoms with Crippen LogP contribution in [0.5, 0.6) is 0 Å². The third-order valence-corrected chi connectivity index (χ3v) is 11.1. The van der Waals surface area contributed by atoms with Crippen LogP contribution in [-0.2, 0) is 7.05 Å². The van der Waals surface area contributed by atoms with Crippen molar-refractivity contribution >= 4 is 43.6 Å². The van der Waals surface area contributed by atoms with Gasteiger partial charge in [0.1, 0.15) is 35.4 Å². The maximum absolute atomic E-state index is 4.44. The van der Waals surface area contributed by atoms with Gasteiger partial charge in [0.05, 0.1) is 22.1 Å². The number of benzene rings is 4. The first kappa shape index (κ1) is 77.8. The topological polar surface area (TPSA) is 147 Å². The third kappa shape index (κ3) is 29.1. The summed E-state index contributed by atoms with van der Waals surface area (Å²) in [5, 5.41) is 5.04. The van der Waals surface area contributed by atoms with Crippen molar-refractivity contribution in [2.24, 2.45) is 7.05 Å². The molecular formula is C72H104N12. The number of para-hydroxylation sites is 3. The zero-order valence-corrected chi connectivity index (χ0v) is 56.6. The summed E-state index contributed by atoms with van der Waals surface area (Å²) in [7, 11) is 2.03. The van der Waals surface area contributed by atoms with E-state index in [2.05, 4.69) is 154 Å². The normalized spacial score (nSPS) is 9.13. The summed E-state index contributed by atoms with van der Waals surface area (Å²) in [4.78, 5) is 45.4. The fraction of sp³-hybridized carbons (Fsp3) is 0.375. The lowest BCUT2D eigenvalue weighted by Gasteiger charge is -2.01. The van der Waals surface area contributed by atoms with Crippen LogP contribution in [0.4, 0.5) is 0 Å². The van der Waals surface area contributed by atoms with Crippen molar-refractivity contribution in [2.45, 2.75) is 180 Å². The number of imidazole rings is 1. The molecule has 12 nitrogen and oxygen atoms in total. The molecule has 0 atom stereocenters. The van der Waals surface area contributed by atoms with Crippen LogP contribution in [0, 0.1) is 96.9 Å². The molecule has 0 aliphatic heterocycles. The molecule has 452 valence electrons. The lowest BCUT2D eigenvalue weighted by atomic mass is 10.1. The second kappa shape index (κ2) is 45.3. The van der Waals surface area contributed by atoms with E-state index in [4.69, 9.17) is 0 Å². The van der Waals surface area contributed by atoms with Crippen molar-refractivity contribution < 1.29 is 0 Å². The molecule has 0 aliphatic rings. The van der Waals surface area contributed by atoms with Gasteiger partial charge in [0, 0.05) is 69.8 Å². The van der Waals surface area contributed by atoms with E-state index >= 15 is 0 Å². The highest BCUT2D eigenvalue weighted by Crippen LogP contribution is 2.19. The Balaban J connectivity index is 0. The van der Waals surface area contributed by atoms with Crippen LogP contribution >= 0.6 is 0 Å². The number of aromatic nitrogens is 12. The van der Waals surface area contributed by atoms with Crippen LogP contribution in [0.25, 0.3) is 43.6 Å². The highest BCUT2D eigenvalue weighted by Gasteiger charge is 2.02. The summed E-state index contributed by atoms with van der Waals surface area (Å²) < 4.78 is 2.09. The number of fused-ring (bicyclic) bond motifs is 4. The standard InChI is InChI=1S/3C11H11N.C9H10N2.C6H9N3.2C6H8N2.6C2H6/c1-8-3-4-10-9(2)5-6-12-11(10)7-8;1-8-7-10-5-3-4-6-11(10)9(2)12-8;1-8-7-9(2)12-11-6-4-3-5-10(8)11;1-7-10-8-5-3-4-6-9(8)11(7)2;1-4-7-5(2)9-6(3)8-4;1-5-3-6(2)8-4-7-5;1-5-3-4-7-6(2)8-5;6*1-2/h3*3-7H,1-2H3;3-6H,1-2H3;1-3H3;2*3-4H,1-2H3;6*1-2H3. The SMILES string of the molecule is CC.CC.CC.CC.CC.CC.Cc1cc(C)c2ccccc2n1.Cc1cc(C)ncn1.Cc1cc2ccccc2c(C)n1.Cc1ccc2c(C)ccnc2c1.Cc1ccnc(C)n1.Cc1nc(C)nc(C)n1.Cc1nc2ccccc2n1C. The number of pyridine rings is 3. The van der Waals surface area contributed by atoms with Crippen molar-refractivity contribution in [2.75, 3.05) is 0 Å². The zero-order valence-electron chi connectivity index (χ0n) is 56.6. The Bertz CT molecular complexity index is 3280. The van der Waals surface area contributed by atoms with Crippen LogP contribution < -0.4 is 0 Å². The predicted molar refractivity (Wildman–Crippen MR) is 364 cm³/mol. The fourth-order valence-electron chi connectivity index (χ4n) is 7.66. The van der Waals surface area contributed by atoms with Gasteiger partial charge in [-0.3, -0.25) is 15.0 Å². The number of rotatable bonds is 0. The Morgan fingerprint density at radius 2 is 0.798 bits per heavy atom. The minimum absolute atomic E-state index is 0.792. The second-order valence-corrected chi connectivity index (χ2v) is 17.5. The Morgan fingerprint density at radius 3 is 1.31 bits per heavy atom. The molecule has 0 N–H and O–H groups in total. The molecule has 0 unspecified atom stereocenters. The summed E-state index contributed by atoms with van der Waals surface area (Å²) in [6.07, 6.45) is 5.19. The number of aryl methyl sites for hydroxylation is 15. The lowest BCUT2D eigenvalue weighted by Crippen LogP contribution is -1.97. The van der Waals surface area contributed by atoms with Crippen LogP contribution in [0.3, 0.4) is 0 Å². The van der Waals surface area contributed by atoms with E-state index in [1.54, 1.807) is 12.5 Å². The fourth-order valence-corrected chi connectivity index (χ4v) is 7.66. The zero-order chi connectivity index (χ0) is 64.3. The van der Waals surface area contributed by atoms with Crippen LogP contribution in [0.1, 0.15) is 163 Å². The van der Waals surface area contributed by atoms with Gasteiger partial charge in [0.15, 0.2) is 0 Å². The molecule has 0 amide bonds. The van der Waals surface area contributed by atoms with Gasteiger partial charge in [-0.25, -0.2) is 39.9 Å². The first-order chi connectivity index (χ1) is 40.4. The minimum atomic E-state index is 0.792. The maximum Gasteiger partial charge on any atom is 0.129 e. The molecule has 0 aliphatic carbocycles. The van der Waals surface area contributed by atoms with Gasteiger partial charge in [-0.1, -0.05) is 150 Å². The van der Waals surface area contributed by atoms with Gasteiger partial charge in [-0.05, 0) is 174 Å². The first-order valence-corrected chi connectivity index (χ1v) is 29.9. The van der Waals surface area contributed by atoms with Crippen molar-refractivity contribution in [1.29, 1.82) is 0 Å². The second-order valence-electron chi connectivity index (χ2n) is 17.5. The van der Waals surface area contributed by atoms with Gasteiger partial charge in [0.2, 0.25) is 0 Å². The molecule has 0 spiro atoms. The molecule has 0 saturated heterocycles. The summed E-state index contributed by atoms with van der Waals surface area (Å²) >= 11 is 0. The van der Waals surface area contributed by atoms with Gasteiger partial charge in [-0.2, -0.15) is 0 Å². The summed E-state index contributed by atoms with van der Waals surface area (Å²) in [5.41, 5.74) is 14.7. The molecule has 12 heteroatoms. The highest BCUT2D eigenvalue weighted by atomic mass is 15.0. The van der Waals surface area contributed by atoms with Gasteiger partial charge >= 0.3 is 0 Å². The van der Waals surface area contributed by atoms with Gasteiger partial charge in [-0.15, -0.1) is 0 Å². The van der Waals surface area contributed by atoms with E-state index in [1.165, 1.54) is 43.8 Å². The Hall–Kier alpha value is -8.25. The lowest BCUT2D eigenvalue weighted by molar-refractivity contribution is 0.875. The van der Waals surface area contributed by atoms with Gasteiger partial charge < -0.3 is 4.57 Å². The van der Waals surface area contributed by atoms with Crippen molar-refractivity contribution in [3.63, 3.8) is 0 Å². The smallest absolute Gasteiger partial charge is 0.129 e. The molecule has 84 heavy (non-hydrogen) atoms. The number of hydrogen-bond donors (Lipinski definition) is 0. The third-order valence-electron chi connectivity index (χ3n) is 11.1. The molecule has 0 fully saturated rings. The van der Waals surface area contributed by atoms with Crippen LogP contribution in [0.2, 0.25) is 0 Å². The molecule has 4 aromatic carbocycles. The molecule has 7 heterocycles. The average molecular weight is 1140 g/mol. The number of nitrogens with zero attached hydrogens (tertiary/aromatic N) is 12. The largest absolute Gasteiger partial charge is 0.331 e. The molecule has 7 aromatic heterocycles. The molecule has 11 aromatic rings. The van der Waals surface area contributed by atoms with Crippen molar-refractivity contribution in [3.05, 3.63) is 220 Å². The summed E-state index contributed by atoms with van der Waals surface area (Å²) in [5.74, 6) is 4.27. The van der Waals surface area contributed by atoms with Gasteiger partial charge in [0.25, 0.3) is 0 Å². The van der Waals surface area contributed by atoms with E-state index < -0.39 is 0 Å². The average Bonchev–Trinajstić information content (AvgIpc) is 3.95. The monoisotopic (exact) mass is 1140 g/mol. The Labute approximate surface area is 507 Å². The molecular weight excluding hydrogens is 1030 g/mol. The van der Waals surface area contributed by atoms with E-state index in [9.17, 15) is 0 Å². The quantitative estimate of drug-likeness (QED) is 0.143.